The van der Waals surface area contributed by atoms with Crippen molar-refractivity contribution in [2.24, 2.45) is 7.05 Å². The number of para-hydroxylation sites is 2. The lowest BCUT2D eigenvalue weighted by Gasteiger charge is -2.04. The van der Waals surface area contributed by atoms with Crippen molar-refractivity contribution in [2.75, 3.05) is 0 Å². The molecule has 0 aliphatic rings. The Morgan fingerprint density at radius 3 is 2.38 bits per heavy atom. The van der Waals surface area contributed by atoms with E-state index in [2.05, 4.69) is 90.7 Å². The predicted molar refractivity (Wildman–Crippen MR) is 119 cm³/mol. The number of rotatable bonds is 1. The average molecular weight is 377 g/mol. The summed E-state index contributed by atoms with van der Waals surface area (Å²) < 4.78 is 10.9. The van der Waals surface area contributed by atoms with E-state index in [-0.39, 0.29) is 0 Å². The third kappa shape index (κ3) is 2.10. The van der Waals surface area contributed by atoms with Crippen LogP contribution in [0.15, 0.2) is 77.2 Å². The van der Waals surface area contributed by atoms with Gasteiger partial charge in [0.25, 0.3) is 5.82 Å². The van der Waals surface area contributed by atoms with Crippen molar-refractivity contribution < 1.29 is 8.98 Å². The highest BCUT2D eigenvalue weighted by Gasteiger charge is 2.25. The maximum absolute atomic E-state index is 6.17. The van der Waals surface area contributed by atoms with Crippen molar-refractivity contribution in [2.45, 2.75) is 13.8 Å². The Morgan fingerprint density at radius 1 is 0.759 bits per heavy atom. The van der Waals surface area contributed by atoms with E-state index in [1.807, 2.05) is 12.1 Å². The van der Waals surface area contributed by atoms with Crippen molar-refractivity contribution in [3.63, 3.8) is 0 Å². The molecule has 0 radical (unpaired) electrons. The molecule has 6 aromatic rings. The second-order valence-electron chi connectivity index (χ2n) is 7.80. The van der Waals surface area contributed by atoms with E-state index in [1.54, 1.807) is 0 Å². The van der Waals surface area contributed by atoms with Crippen LogP contribution in [0.4, 0.5) is 0 Å². The molecule has 140 valence electrons. The zero-order chi connectivity index (χ0) is 19.7. The average Bonchev–Trinajstić information content (AvgIpc) is 3.24. The smallest absolute Gasteiger partial charge is 0.259 e. The van der Waals surface area contributed by atoms with E-state index >= 15 is 0 Å². The molecule has 0 unspecified atom stereocenters. The van der Waals surface area contributed by atoms with E-state index < -0.39 is 0 Å². The van der Waals surface area contributed by atoms with Gasteiger partial charge in [-0.25, -0.2) is 4.57 Å². The SMILES string of the molecule is Cc1ccccc1-n1c(C)[n+](C)c2c3c(ccc4oc5ccccc5c43)ccc21. The Labute approximate surface area is 168 Å². The highest BCUT2D eigenvalue weighted by molar-refractivity contribution is 6.24. The maximum atomic E-state index is 6.17. The lowest BCUT2D eigenvalue weighted by molar-refractivity contribution is -0.651. The summed E-state index contributed by atoms with van der Waals surface area (Å²) in [6.45, 7) is 4.36. The number of hydrogen-bond donors (Lipinski definition) is 0. The number of benzene rings is 4. The molecule has 0 N–H and O–H groups in total. The lowest BCUT2D eigenvalue weighted by Crippen LogP contribution is -2.31. The van der Waals surface area contributed by atoms with Gasteiger partial charge in [-0.2, -0.15) is 4.57 Å². The van der Waals surface area contributed by atoms with Gasteiger partial charge in [0.15, 0.2) is 11.0 Å². The van der Waals surface area contributed by atoms with Crippen molar-refractivity contribution in [1.82, 2.24) is 4.57 Å². The quantitative estimate of drug-likeness (QED) is 0.316. The summed E-state index contributed by atoms with van der Waals surface area (Å²) in [6.07, 6.45) is 0. The van der Waals surface area contributed by atoms with Crippen LogP contribution in [0.25, 0.3) is 49.4 Å². The fraction of sp³-hybridized carbons (Fsp3) is 0.115. The van der Waals surface area contributed by atoms with Crippen LogP contribution in [-0.4, -0.2) is 4.57 Å². The highest BCUT2D eigenvalue weighted by Crippen LogP contribution is 2.38. The third-order valence-electron chi connectivity index (χ3n) is 6.22. The van der Waals surface area contributed by atoms with Gasteiger partial charge in [0.1, 0.15) is 16.9 Å². The van der Waals surface area contributed by atoms with E-state index in [0.29, 0.717) is 0 Å². The van der Waals surface area contributed by atoms with Crippen LogP contribution in [0.2, 0.25) is 0 Å². The topological polar surface area (TPSA) is 21.9 Å². The van der Waals surface area contributed by atoms with Crippen molar-refractivity contribution >= 4 is 43.7 Å². The number of hydrogen-bond acceptors (Lipinski definition) is 1. The van der Waals surface area contributed by atoms with Crippen molar-refractivity contribution in [3.8, 4) is 5.69 Å². The minimum absolute atomic E-state index is 0.935. The Morgan fingerprint density at radius 2 is 1.52 bits per heavy atom. The fourth-order valence-corrected chi connectivity index (χ4v) is 4.73. The van der Waals surface area contributed by atoms with Gasteiger partial charge >= 0.3 is 0 Å². The summed E-state index contributed by atoms with van der Waals surface area (Å²) in [7, 11) is 2.16. The minimum atomic E-state index is 0.935. The van der Waals surface area contributed by atoms with Crippen LogP contribution in [-0.2, 0) is 7.05 Å². The van der Waals surface area contributed by atoms with Gasteiger partial charge in [0.2, 0.25) is 0 Å². The molecule has 2 heterocycles. The largest absolute Gasteiger partial charge is 0.456 e. The normalized spacial score (nSPS) is 12.0. The van der Waals surface area contributed by atoms with Crippen LogP contribution in [0.3, 0.4) is 0 Å². The van der Waals surface area contributed by atoms with Crippen molar-refractivity contribution in [1.29, 1.82) is 0 Å². The van der Waals surface area contributed by atoms with E-state index in [4.69, 9.17) is 4.42 Å². The third-order valence-corrected chi connectivity index (χ3v) is 6.22. The molecule has 6 rings (SSSR count). The van der Waals surface area contributed by atoms with E-state index in [0.717, 1.165) is 11.2 Å². The Kier molecular flexibility index (Phi) is 3.22. The van der Waals surface area contributed by atoms with Gasteiger partial charge in [0, 0.05) is 23.1 Å². The van der Waals surface area contributed by atoms with Crippen molar-refractivity contribution in [3.05, 3.63) is 84.2 Å². The molecule has 0 spiro atoms. The number of aromatic nitrogens is 2. The molecule has 0 amide bonds. The Hall–Kier alpha value is -3.59. The number of fused-ring (bicyclic) bond motifs is 7. The van der Waals surface area contributed by atoms with Crippen LogP contribution >= 0.6 is 0 Å². The first-order valence-electron chi connectivity index (χ1n) is 9.95. The fourth-order valence-electron chi connectivity index (χ4n) is 4.73. The zero-order valence-corrected chi connectivity index (χ0v) is 16.7. The second-order valence-corrected chi connectivity index (χ2v) is 7.80. The number of nitrogens with zero attached hydrogens (tertiary/aromatic N) is 2. The molecular weight excluding hydrogens is 356 g/mol. The first kappa shape index (κ1) is 16.4. The van der Waals surface area contributed by atoms with Crippen LogP contribution < -0.4 is 4.57 Å². The Balaban J connectivity index is 1.88. The van der Waals surface area contributed by atoms with Gasteiger partial charge in [-0.3, -0.25) is 0 Å². The maximum Gasteiger partial charge on any atom is 0.259 e. The number of furan rings is 1. The highest BCUT2D eigenvalue weighted by atomic mass is 16.3. The summed E-state index contributed by atoms with van der Waals surface area (Å²) in [5.74, 6) is 1.20. The molecule has 0 fully saturated rings. The minimum Gasteiger partial charge on any atom is -0.456 e. The first-order valence-corrected chi connectivity index (χ1v) is 9.95. The molecule has 0 aliphatic heterocycles. The predicted octanol–water partition coefficient (Wildman–Crippen LogP) is 6.12. The van der Waals surface area contributed by atoms with E-state index in [1.165, 1.54) is 49.7 Å². The number of aryl methyl sites for hydroxylation is 2. The lowest BCUT2D eigenvalue weighted by atomic mass is 10.0. The van der Waals surface area contributed by atoms with Crippen LogP contribution in [0.5, 0.6) is 0 Å². The van der Waals surface area contributed by atoms with Gasteiger partial charge in [0.05, 0.1) is 7.05 Å². The molecule has 0 atom stereocenters. The molecule has 0 bridgehead atoms. The van der Waals surface area contributed by atoms with Gasteiger partial charge in [-0.05, 0) is 48.2 Å². The van der Waals surface area contributed by atoms with Gasteiger partial charge in [-0.15, -0.1) is 0 Å². The second kappa shape index (κ2) is 5.71. The Bertz CT molecular complexity index is 1580. The zero-order valence-electron chi connectivity index (χ0n) is 16.7. The first-order chi connectivity index (χ1) is 14.1. The van der Waals surface area contributed by atoms with Gasteiger partial charge < -0.3 is 4.42 Å². The molecule has 4 aromatic carbocycles. The molecule has 0 aliphatic carbocycles. The van der Waals surface area contributed by atoms with Crippen LogP contribution in [0, 0.1) is 13.8 Å². The standard InChI is InChI=1S/C26H21N2O/c1-16-8-4-6-10-20(16)28-17(2)27(3)26-21(28)14-12-18-13-15-23-25(24(18)26)19-9-5-7-11-22(19)29-23/h4-15H,1-3H3/q+1. The monoisotopic (exact) mass is 377 g/mol. The summed E-state index contributed by atoms with van der Waals surface area (Å²) in [4.78, 5) is 0. The molecule has 0 saturated heterocycles. The molecular formula is C26H21N2O+. The molecule has 2 aromatic heterocycles. The number of imidazole rings is 1. The summed E-state index contributed by atoms with van der Waals surface area (Å²) in [5, 5.41) is 4.85. The van der Waals surface area contributed by atoms with Crippen LogP contribution in [0.1, 0.15) is 11.4 Å². The molecule has 3 nitrogen and oxygen atoms in total. The summed E-state index contributed by atoms with van der Waals surface area (Å²) >= 11 is 0. The summed E-state index contributed by atoms with van der Waals surface area (Å²) in [5.41, 5.74) is 6.81. The van der Waals surface area contributed by atoms with Gasteiger partial charge in [-0.1, -0.05) is 42.5 Å². The van der Waals surface area contributed by atoms with E-state index in [9.17, 15) is 0 Å². The molecule has 3 heteroatoms. The molecule has 0 saturated carbocycles. The molecule has 29 heavy (non-hydrogen) atoms. The summed E-state index contributed by atoms with van der Waals surface area (Å²) in [6, 6.07) is 25.6.